The fraction of sp³-hybridized carbons (Fsp3) is 0.381. The molecule has 1 amide bonds. The van der Waals surface area contributed by atoms with E-state index in [2.05, 4.69) is 13.0 Å². The lowest BCUT2D eigenvalue weighted by Crippen LogP contribution is -2.32. The van der Waals surface area contributed by atoms with Crippen LogP contribution in [0.3, 0.4) is 0 Å². The maximum absolute atomic E-state index is 12.4. The third kappa shape index (κ3) is 3.78. The molecule has 0 atom stereocenters. The molecule has 0 saturated carbocycles. The van der Waals surface area contributed by atoms with Crippen molar-refractivity contribution in [3.05, 3.63) is 42.5 Å². The number of amides is 1. The third-order valence-electron chi connectivity index (χ3n) is 4.40. The number of nitrogens with zero attached hydrogens (tertiary/aromatic N) is 1. The second-order valence-corrected chi connectivity index (χ2v) is 6.19. The zero-order valence-corrected chi connectivity index (χ0v) is 15.0. The Morgan fingerprint density at radius 1 is 1.00 bits per heavy atom. The Balaban J connectivity index is 1.90. The molecule has 0 N–H and O–H groups in total. The minimum Gasteiger partial charge on any atom is -0.456 e. The van der Waals surface area contributed by atoms with Crippen LogP contribution in [0.15, 0.2) is 46.9 Å². The topological polar surface area (TPSA) is 42.7 Å². The molecule has 0 radical (unpaired) electrons. The van der Waals surface area contributed by atoms with Crippen molar-refractivity contribution in [3.63, 3.8) is 0 Å². The minimum atomic E-state index is -0.297. The van der Waals surface area contributed by atoms with Crippen LogP contribution in [0.25, 0.3) is 21.9 Å². The van der Waals surface area contributed by atoms with Gasteiger partial charge in [0.1, 0.15) is 11.2 Å². The fourth-order valence-corrected chi connectivity index (χ4v) is 3.11. The summed E-state index contributed by atoms with van der Waals surface area (Å²) >= 11 is 0. The lowest BCUT2D eigenvalue weighted by atomic mass is 10.1. The number of furan rings is 1. The Bertz CT molecular complexity index is 853. The van der Waals surface area contributed by atoms with E-state index in [9.17, 15) is 4.79 Å². The molecule has 4 heteroatoms. The molecule has 2 aromatic carbocycles. The summed E-state index contributed by atoms with van der Waals surface area (Å²) in [5.41, 5.74) is 2.48. The highest BCUT2D eigenvalue weighted by atomic mass is 16.6. The number of hydrogen-bond donors (Lipinski definition) is 0. The van der Waals surface area contributed by atoms with E-state index in [-0.39, 0.29) is 6.09 Å². The number of unbranched alkanes of at least 4 members (excludes halogenated alkanes) is 3. The van der Waals surface area contributed by atoms with E-state index in [1.165, 1.54) is 12.8 Å². The van der Waals surface area contributed by atoms with Crippen molar-refractivity contribution >= 4 is 33.7 Å². The number of ether oxygens (including phenoxy) is 1. The first-order valence-corrected chi connectivity index (χ1v) is 9.10. The van der Waals surface area contributed by atoms with Gasteiger partial charge in [-0.2, -0.15) is 0 Å². The second-order valence-electron chi connectivity index (χ2n) is 6.19. The molecule has 0 bridgehead atoms. The summed E-state index contributed by atoms with van der Waals surface area (Å²) in [7, 11) is 0. The van der Waals surface area contributed by atoms with Gasteiger partial charge in [0, 0.05) is 23.4 Å². The van der Waals surface area contributed by atoms with Crippen LogP contribution in [0.5, 0.6) is 0 Å². The van der Waals surface area contributed by atoms with Crippen LogP contribution in [0.2, 0.25) is 0 Å². The summed E-state index contributed by atoms with van der Waals surface area (Å²) in [4.78, 5) is 14.1. The lowest BCUT2D eigenvalue weighted by molar-refractivity contribution is 0.159. The molecule has 1 heterocycles. The van der Waals surface area contributed by atoms with Gasteiger partial charge in [0.25, 0.3) is 0 Å². The number of benzene rings is 2. The van der Waals surface area contributed by atoms with Crippen molar-refractivity contribution in [1.29, 1.82) is 0 Å². The van der Waals surface area contributed by atoms with Crippen molar-refractivity contribution < 1.29 is 13.9 Å². The molecule has 25 heavy (non-hydrogen) atoms. The molecule has 4 nitrogen and oxygen atoms in total. The van der Waals surface area contributed by atoms with Crippen LogP contribution < -0.4 is 4.90 Å². The zero-order chi connectivity index (χ0) is 17.6. The smallest absolute Gasteiger partial charge is 0.414 e. The van der Waals surface area contributed by atoms with E-state index in [0.29, 0.717) is 13.2 Å². The molecule has 0 spiro atoms. The van der Waals surface area contributed by atoms with Gasteiger partial charge in [-0.25, -0.2) is 4.79 Å². The monoisotopic (exact) mass is 339 g/mol. The zero-order valence-electron chi connectivity index (χ0n) is 15.0. The number of fused-ring (bicyclic) bond motifs is 3. The Morgan fingerprint density at radius 2 is 1.80 bits per heavy atom. The van der Waals surface area contributed by atoms with E-state index in [1.54, 1.807) is 4.90 Å². The number of carbonyl (C=O) groups is 1. The van der Waals surface area contributed by atoms with Gasteiger partial charge in [-0.15, -0.1) is 0 Å². The van der Waals surface area contributed by atoms with Crippen molar-refractivity contribution in [2.45, 2.75) is 39.5 Å². The van der Waals surface area contributed by atoms with Gasteiger partial charge in [-0.05, 0) is 31.5 Å². The summed E-state index contributed by atoms with van der Waals surface area (Å²) in [5, 5.41) is 2.16. The highest BCUT2D eigenvalue weighted by Gasteiger charge is 2.18. The Kier molecular flexibility index (Phi) is 5.59. The molecule has 0 aliphatic carbocycles. The van der Waals surface area contributed by atoms with Crippen LogP contribution >= 0.6 is 0 Å². The van der Waals surface area contributed by atoms with E-state index in [0.717, 1.165) is 40.5 Å². The Morgan fingerprint density at radius 3 is 2.60 bits per heavy atom. The van der Waals surface area contributed by atoms with Crippen LogP contribution in [0.4, 0.5) is 10.5 Å². The lowest BCUT2D eigenvalue weighted by Gasteiger charge is -2.22. The average molecular weight is 339 g/mol. The molecule has 1 aromatic heterocycles. The molecule has 0 saturated heterocycles. The van der Waals surface area contributed by atoms with E-state index < -0.39 is 0 Å². The van der Waals surface area contributed by atoms with Crippen LogP contribution in [-0.2, 0) is 4.74 Å². The molecule has 0 aliphatic heterocycles. The van der Waals surface area contributed by atoms with Crippen LogP contribution in [0, 0.1) is 0 Å². The second kappa shape index (κ2) is 8.06. The first-order chi connectivity index (χ1) is 12.2. The quantitative estimate of drug-likeness (QED) is 0.486. The normalized spacial score (nSPS) is 11.1. The van der Waals surface area contributed by atoms with Crippen molar-refractivity contribution in [2.24, 2.45) is 0 Å². The molecule has 3 rings (SSSR count). The summed E-state index contributed by atoms with van der Waals surface area (Å²) in [6.07, 6.45) is 4.13. The van der Waals surface area contributed by atoms with E-state index in [1.807, 2.05) is 43.3 Å². The highest BCUT2D eigenvalue weighted by molar-refractivity contribution is 6.06. The van der Waals surface area contributed by atoms with Crippen molar-refractivity contribution in [3.8, 4) is 0 Å². The maximum atomic E-state index is 12.4. The predicted molar refractivity (Wildman–Crippen MR) is 102 cm³/mol. The van der Waals surface area contributed by atoms with Gasteiger partial charge in [0.05, 0.1) is 12.3 Å². The highest BCUT2D eigenvalue weighted by Crippen LogP contribution is 2.31. The third-order valence-corrected chi connectivity index (χ3v) is 4.40. The molecular formula is C21H25NO3. The van der Waals surface area contributed by atoms with Crippen molar-refractivity contribution in [2.75, 3.05) is 18.1 Å². The van der Waals surface area contributed by atoms with E-state index >= 15 is 0 Å². The Hall–Kier alpha value is -2.49. The number of anilines is 1. The Labute approximate surface area is 148 Å². The van der Waals surface area contributed by atoms with Gasteiger partial charge in [0.2, 0.25) is 0 Å². The number of carbonyl (C=O) groups excluding carboxylic acids is 1. The minimum absolute atomic E-state index is 0.297. The SMILES string of the molecule is CCCCCCN(C(=O)OCC)c1ccc2c(c1)oc1ccccc12. The molecule has 0 aliphatic rings. The van der Waals surface area contributed by atoms with Crippen LogP contribution in [-0.4, -0.2) is 19.2 Å². The van der Waals surface area contributed by atoms with Gasteiger partial charge in [-0.1, -0.05) is 44.4 Å². The summed E-state index contributed by atoms with van der Waals surface area (Å²) in [5.74, 6) is 0. The standard InChI is InChI=1S/C21H25NO3/c1-3-5-6-9-14-22(21(23)24-4-2)16-12-13-18-17-10-7-8-11-19(17)25-20(18)15-16/h7-8,10-13,15H,3-6,9,14H2,1-2H3. The van der Waals surface area contributed by atoms with Gasteiger partial charge >= 0.3 is 6.09 Å². The average Bonchev–Trinajstić information content (AvgIpc) is 2.99. The molecule has 0 fully saturated rings. The molecular weight excluding hydrogens is 314 g/mol. The molecule has 132 valence electrons. The fourth-order valence-electron chi connectivity index (χ4n) is 3.11. The summed E-state index contributed by atoms with van der Waals surface area (Å²) in [6.45, 7) is 5.04. The number of rotatable bonds is 7. The first kappa shape index (κ1) is 17.3. The predicted octanol–water partition coefficient (Wildman–Crippen LogP) is 6.13. The van der Waals surface area contributed by atoms with Crippen molar-refractivity contribution in [1.82, 2.24) is 0 Å². The molecule has 0 unspecified atom stereocenters. The summed E-state index contributed by atoms with van der Waals surface area (Å²) in [6, 6.07) is 13.9. The van der Waals surface area contributed by atoms with Crippen LogP contribution in [0.1, 0.15) is 39.5 Å². The molecule has 3 aromatic rings. The van der Waals surface area contributed by atoms with Gasteiger partial charge < -0.3 is 9.15 Å². The number of para-hydroxylation sites is 1. The van der Waals surface area contributed by atoms with Gasteiger partial charge in [0.15, 0.2) is 0 Å². The van der Waals surface area contributed by atoms with Gasteiger partial charge in [-0.3, -0.25) is 4.90 Å². The number of hydrogen-bond acceptors (Lipinski definition) is 3. The summed E-state index contributed by atoms with van der Waals surface area (Å²) < 4.78 is 11.2. The largest absolute Gasteiger partial charge is 0.456 e. The maximum Gasteiger partial charge on any atom is 0.414 e. The van der Waals surface area contributed by atoms with E-state index in [4.69, 9.17) is 9.15 Å². The first-order valence-electron chi connectivity index (χ1n) is 9.10.